The Morgan fingerprint density at radius 3 is 2.36 bits per heavy atom. The highest BCUT2D eigenvalue weighted by Crippen LogP contribution is 2.16. The fourth-order valence-electron chi connectivity index (χ4n) is 2.18. The molecule has 3 nitrogen and oxygen atoms in total. The summed E-state index contributed by atoms with van der Waals surface area (Å²) in [4.78, 5) is 12.0. The first-order valence-corrected chi connectivity index (χ1v) is 8.17. The Balaban J connectivity index is 1.81. The lowest BCUT2D eigenvalue weighted by Crippen LogP contribution is -2.14. The maximum absolute atomic E-state index is 12.0. The lowest BCUT2D eigenvalue weighted by molar-refractivity contribution is -0.113. The highest BCUT2D eigenvalue weighted by atomic mass is 32.2. The first-order valence-electron chi connectivity index (χ1n) is 7.02. The molecule has 1 N–H and O–H groups in total. The predicted octanol–water partition coefficient (Wildman–Crippen LogP) is 4.05. The second kappa shape index (κ2) is 7.67. The number of benzene rings is 2. The monoisotopic (exact) mass is 310 g/mol. The molecule has 0 aliphatic rings. The van der Waals surface area contributed by atoms with Crippen molar-refractivity contribution >= 4 is 23.4 Å². The highest BCUT2D eigenvalue weighted by Gasteiger charge is 2.04. The van der Waals surface area contributed by atoms with Crippen molar-refractivity contribution in [1.82, 2.24) is 0 Å². The summed E-state index contributed by atoms with van der Waals surface area (Å²) in [7, 11) is 0. The summed E-state index contributed by atoms with van der Waals surface area (Å²) in [5.74, 6) is 1.17. The lowest BCUT2D eigenvalue weighted by atomic mass is 10.1. The molecule has 0 heterocycles. The smallest absolute Gasteiger partial charge is 0.234 e. The standard InChI is InChI=1S/C18H18N2OS/c1-13-7-14(2)9-17(8-13)20-18(21)12-22-11-16-5-3-15(10-19)4-6-16/h3-9H,11-12H2,1-2H3,(H,20,21). The van der Waals surface area contributed by atoms with Gasteiger partial charge in [0.05, 0.1) is 17.4 Å². The quantitative estimate of drug-likeness (QED) is 0.906. The SMILES string of the molecule is Cc1cc(C)cc(NC(=O)CSCc2ccc(C#N)cc2)c1. The van der Waals surface area contributed by atoms with Crippen LogP contribution in [0.4, 0.5) is 5.69 Å². The van der Waals surface area contributed by atoms with Crippen molar-refractivity contribution in [2.24, 2.45) is 0 Å². The van der Waals surface area contributed by atoms with Gasteiger partial charge in [-0.1, -0.05) is 18.2 Å². The molecule has 0 atom stereocenters. The number of nitriles is 1. The summed E-state index contributed by atoms with van der Waals surface area (Å²) in [5.41, 5.74) is 4.90. The molecule has 0 saturated heterocycles. The Morgan fingerprint density at radius 1 is 1.14 bits per heavy atom. The number of carbonyl (C=O) groups excluding carboxylic acids is 1. The zero-order valence-corrected chi connectivity index (χ0v) is 13.5. The molecule has 2 aromatic rings. The lowest BCUT2D eigenvalue weighted by Gasteiger charge is -2.07. The van der Waals surface area contributed by atoms with E-state index >= 15 is 0 Å². The summed E-state index contributed by atoms with van der Waals surface area (Å²) in [6, 6.07) is 15.6. The number of hydrogen-bond acceptors (Lipinski definition) is 3. The van der Waals surface area contributed by atoms with Gasteiger partial charge in [-0.05, 0) is 54.8 Å². The van der Waals surface area contributed by atoms with Crippen molar-refractivity contribution in [1.29, 1.82) is 5.26 Å². The minimum atomic E-state index is 0.00338. The molecule has 0 aromatic heterocycles. The number of aryl methyl sites for hydroxylation is 2. The average Bonchev–Trinajstić information content (AvgIpc) is 2.47. The molecule has 0 bridgehead atoms. The number of nitrogens with one attached hydrogen (secondary N) is 1. The van der Waals surface area contributed by atoms with Gasteiger partial charge in [0.15, 0.2) is 0 Å². The van der Waals surface area contributed by atoms with Crippen LogP contribution in [0.3, 0.4) is 0 Å². The molecule has 4 heteroatoms. The van der Waals surface area contributed by atoms with Gasteiger partial charge in [-0.2, -0.15) is 5.26 Å². The summed E-state index contributed by atoms with van der Waals surface area (Å²) >= 11 is 1.56. The van der Waals surface area contributed by atoms with E-state index in [0.717, 1.165) is 28.1 Å². The molecule has 2 aromatic carbocycles. The van der Waals surface area contributed by atoms with Crippen LogP contribution in [0.5, 0.6) is 0 Å². The second-order valence-electron chi connectivity index (χ2n) is 5.23. The van der Waals surface area contributed by atoms with Crippen LogP contribution in [-0.2, 0) is 10.5 Å². The van der Waals surface area contributed by atoms with Crippen molar-refractivity contribution in [3.05, 3.63) is 64.7 Å². The van der Waals surface area contributed by atoms with Crippen LogP contribution in [0.1, 0.15) is 22.3 Å². The molecule has 0 radical (unpaired) electrons. The first kappa shape index (κ1) is 16.1. The maximum Gasteiger partial charge on any atom is 0.234 e. The van der Waals surface area contributed by atoms with Gasteiger partial charge in [-0.3, -0.25) is 4.79 Å². The van der Waals surface area contributed by atoms with Gasteiger partial charge in [-0.15, -0.1) is 11.8 Å². The van der Waals surface area contributed by atoms with Gasteiger partial charge in [0.25, 0.3) is 0 Å². The fourth-order valence-corrected chi connectivity index (χ4v) is 2.97. The van der Waals surface area contributed by atoms with E-state index in [9.17, 15) is 4.79 Å². The van der Waals surface area contributed by atoms with Gasteiger partial charge >= 0.3 is 0 Å². The van der Waals surface area contributed by atoms with Crippen molar-refractivity contribution in [3.8, 4) is 6.07 Å². The third-order valence-corrected chi connectivity index (χ3v) is 4.09. The fraction of sp³-hybridized carbons (Fsp3) is 0.222. The highest BCUT2D eigenvalue weighted by molar-refractivity contribution is 7.99. The van der Waals surface area contributed by atoms with Crippen molar-refractivity contribution < 1.29 is 4.79 Å². The molecule has 0 saturated carbocycles. The van der Waals surface area contributed by atoms with Gasteiger partial charge < -0.3 is 5.32 Å². The number of nitrogens with zero attached hydrogens (tertiary/aromatic N) is 1. The molecule has 0 unspecified atom stereocenters. The van der Waals surface area contributed by atoms with E-state index < -0.39 is 0 Å². The molecular weight excluding hydrogens is 292 g/mol. The number of amides is 1. The first-order chi connectivity index (χ1) is 10.6. The van der Waals surface area contributed by atoms with Crippen molar-refractivity contribution in [2.75, 3.05) is 11.1 Å². The van der Waals surface area contributed by atoms with E-state index in [2.05, 4.69) is 17.5 Å². The zero-order valence-electron chi connectivity index (χ0n) is 12.7. The number of thioether (sulfide) groups is 1. The van der Waals surface area contributed by atoms with E-state index in [0.29, 0.717) is 11.3 Å². The molecule has 112 valence electrons. The minimum Gasteiger partial charge on any atom is -0.325 e. The van der Waals surface area contributed by atoms with Crippen molar-refractivity contribution in [2.45, 2.75) is 19.6 Å². The van der Waals surface area contributed by atoms with Gasteiger partial charge in [0.1, 0.15) is 0 Å². The third kappa shape index (κ3) is 4.94. The average molecular weight is 310 g/mol. The van der Waals surface area contributed by atoms with Gasteiger partial charge in [-0.25, -0.2) is 0 Å². The molecule has 0 spiro atoms. The van der Waals surface area contributed by atoms with Crippen LogP contribution in [0, 0.1) is 25.2 Å². The van der Waals surface area contributed by atoms with Crippen molar-refractivity contribution in [3.63, 3.8) is 0 Å². The molecule has 0 aliphatic heterocycles. The number of rotatable bonds is 5. The zero-order chi connectivity index (χ0) is 15.9. The predicted molar refractivity (Wildman–Crippen MR) is 91.9 cm³/mol. The summed E-state index contributed by atoms with van der Waals surface area (Å²) in [6.45, 7) is 4.03. The molecular formula is C18H18N2OS. The van der Waals surface area contributed by atoms with E-state index in [1.165, 1.54) is 0 Å². The number of anilines is 1. The van der Waals surface area contributed by atoms with E-state index in [4.69, 9.17) is 5.26 Å². The van der Waals surface area contributed by atoms with Crippen LogP contribution >= 0.6 is 11.8 Å². The Hall–Kier alpha value is -2.25. The third-order valence-electron chi connectivity index (χ3n) is 3.09. The topological polar surface area (TPSA) is 52.9 Å². The molecule has 1 amide bonds. The van der Waals surface area contributed by atoms with Crippen LogP contribution in [0.25, 0.3) is 0 Å². The second-order valence-corrected chi connectivity index (χ2v) is 6.21. The molecule has 2 rings (SSSR count). The van der Waals surface area contributed by atoms with Crippen LogP contribution < -0.4 is 5.32 Å². The van der Waals surface area contributed by atoms with Crippen LogP contribution in [-0.4, -0.2) is 11.7 Å². The van der Waals surface area contributed by atoms with E-state index in [-0.39, 0.29) is 5.91 Å². The Labute approximate surface area is 135 Å². The normalized spacial score (nSPS) is 10.0. The number of carbonyl (C=O) groups is 1. The van der Waals surface area contributed by atoms with Gasteiger partial charge in [0, 0.05) is 11.4 Å². The van der Waals surface area contributed by atoms with E-state index in [1.54, 1.807) is 23.9 Å². The molecule has 0 aliphatic carbocycles. The van der Waals surface area contributed by atoms with Crippen LogP contribution in [0.2, 0.25) is 0 Å². The Bertz CT molecular complexity index is 682. The maximum atomic E-state index is 12.0. The summed E-state index contributed by atoms with van der Waals surface area (Å²) in [6.07, 6.45) is 0. The molecule has 22 heavy (non-hydrogen) atoms. The largest absolute Gasteiger partial charge is 0.325 e. The van der Waals surface area contributed by atoms with Gasteiger partial charge in [0.2, 0.25) is 5.91 Å². The Kier molecular flexibility index (Phi) is 5.62. The van der Waals surface area contributed by atoms with Crippen LogP contribution in [0.15, 0.2) is 42.5 Å². The molecule has 0 fully saturated rings. The summed E-state index contributed by atoms with van der Waals surface area (Å²) < 4.78 is 0. The minimum absolute atomic E-state index is 0.00338. The van der Waals surface area contributed by atoms with E-state index in [1.807, 2.05) is 38.1 Å². The number of hydrogen-bond donors (Lipinski definition) is 1. The summed E-state index contributed by atoms with van der Waals surface area (Å²) in [5, 5.41) is 11.7. The Morgan fingerprint density at radius 2 is 1.77 bits per heavy atom.